The van der Waals surface area contributed by atoms with E-state index in [9.17, 15) is 9.18 Å². The first-order chi connectivity index (χ1) is 15.6. The molecule has 1 saturated carbocycles. The zero-order valence-corrected chi connectivity index (χ0v) is 20.2. The lowest BCUT2D eigenvalue weighted by atomic mass is 9.65. The van der Waals surface area contributed by atoms with Gasteiger partial charge in [0.15, 0.2) is 5.78 Å². The molecule has 1 aromatic heterocycles. The van der Waals surface area contributed by atoms with Crippen LogP contribution in [0.4, 0.5) is 4.39 Å². The van der Waals surface area contributed by atoms with Crippen LogP contribution in [0.15, 0.2) is 36.4 Å². The number of benzene rings is 3. The summed E-state index contributed by atoms with van der Waals surface area (Å²) in [6.45, 7) is 8.31. The highest BCUT2D eigenvalue weighted by atomic mass is 35.5. The number of nitrogens with one attached hydrogen (secondary N) is 1. The van der Waals surface area contributed by atoms with E-state index in [0.29, 0.717) is 5.02 Å². The van der Waals surface area contributed by atoms with Gasteiger partial charge in [0.1, 0.15) is 5.82 Å². The molecule has 0 spiro atoms. The molecule has 4 aromatic rings. The minimum Gasteiger partial charge on any atom is -0.353 e. The van der Waals surface area contributed by atoms with Crippen molar-refractivity contribution < 1.29 is 9.18 Å². The van der Waals surface area contributed by atoms with E-state index >= 15 is 0 Å². The number of ketones is 1. The topological polar surface area (TPSA) is 32.9 Å². The third-order valence-corrected chi connectivity index (χ3v) is 8.78. The van der Waals surface area contributed by atoms with Gasteiger partial charge in [0.25, 0.3) is 0 Å². The lowest BCUT2D eigenvalue weighted by Crippen LogP contribution is -2.33. The number of hydrogen-bond acceptors (Lipinski definition) is 1. The summed E-state index contributed by atoms with van der Waals surface area (Å²) in [5.41, 5.74) is 7.40. The van der Waals surface area contributed by atoms with Gasteiger partial charge in [-0.3, -0.25) is 4.79 Å². The molecule has 2 bridgehead atoms. The molecule has 1 N–H and O–H groups in total. The normalized spacial score (nSPS) is 24.5. The van der Waals surface area contributed by atoms with E-state index < -0.39 is 0 Å². The van der Waals surface area contributed by atoms with E-state index in [4.69, 9.17) is 11.6 Å². The number of aromatic amines is 1. The number of carbonyl (C=O) groups excluding carboxylic acids is 1. The molecular formula is C29H27ClFNO. The Balaban J connectivity index is 1.65. The third-order valence-electron chi connectivity index (χ3n) is 8.48. The summed E-state index contributed by atoms with van der Waals surface area (Å²) in [4.78, 5) is 17.0. The number of rotatable bonds is 1. The Bertz CT molecular complexity index is 1480. The van der Waals surface area contributed by atoms with E-state index in [0.717, 1.165) is 75.3 Å². The number of halogens is 2. The molecule has 0 saturated heterocycles. The summed E-state index contributed by atoms with van der Waals surface area (Å²) < 4.78 is 13.9. The fourth-order valence-electron chi connectivity index (χ4n) is 6.38. The predicted molar refractivity (Wildman–Crippen MR) is 134 cm³/mol. The van der Waals surface area contributed by atoms with Crippen molar-refractivity contribution in [1.29, 1.82) is 0 Å². The van der Waals surface area contributed by atoms with Crippen molar-refractivity contribution in [3.05, 3.63) is 69.5 Å². The molecule has 4 heteroatoms. The SMILES string of the molecule is Cc1cc(F)cc(C)c1-c1cc(Cl)c2[nH]c3cc4c(cc3c2c1)C1(C)CCC(C)(CC1)C4=O. The van der Waals surface area contributed by atoms with Crippen LogP contribution in [0.1, 0.15) is 66.6 Å². The molecule has 0 amide bonds. The van der Waals surface area contributed by atoms with Crippen LogP contribution in [0.2, 0.25) is 5.02 Å². The van der Waals surface area contributed by atoms with Gasteiger partial charge in [-0.2, -0.15) is 0 Å². The Morgan fingerprint density at radius 1 is 0.879 bits per heavy atom. The van der Waals surface area contributed by atoms with Crippen LogP contribution in [0.3, 0.4) is 0 Å². The lowest BCUT2D eigenvalue weighted by molar-refractivity contribution is 0.0732. The number of hydrogen-bond donors (Lipinski definition) is 1. The van der Waals surface area contributed by atoms with Gasteiger partial charge in [0.2, 0.25) is 0 Å². The van der Waals surface area contributed by atoms with Gasteiger partial charge in [-0.1, -0.05) is 25.4 Å². The summed E-state index contributed by atoms with van der Waals surface area (Å²) in [6.07, 6.45) is 3.97. The molecule has 1 heterocycles. The Labute approximate surface area is 198 Å². The van der Waals surface area contributed by atoms with Crippen molar-refractivity contribution in [3.63, 3.8) is 0 Å². The highest BCUT2D eigenvalue weighted by molar-refractivity contribution is 6.37. The molecule has 0 unspecified atom stereocenters. The molecule has 168 valence electrons. The molecule has 0 atom stereocenters. The third kappa shape index (κ3) is 2.88. The molecular weight excluding hydrogens is 433 g/mol. The summed E-state index contributed by atoms with van der Waals surface area (Å²) in [6, 6.07) is 11.5. The van der Waals surface area contributed by atoms with Crippen molar-refractivity contribution in [3.8, 4) is 11.1 Å². The molecule has 3 aliphatic carbocycles. The maximum Gasteiger partial charge on any atom is 0.169 e. The van der Waals surface area contributed by atoms with Crippen LogP contribution >= 0.6 is 11.6 Å². The van der Waals surface area contributed by atoms with Crippen LogP contribution in [0, 0.1) is 25.1 Å². The molecule has 0 aliphatic heterocycles. The fourth-order valence-corrected chi connectivity index (χ4v) is 6.65. The van der Waals surface area contributed by atoms with E-state index in [1.54, 1.807) is 12.1 Å². The van der Waals surface area contributed by atoms with Gasteiger partial charge in [-0.25, -0.2) is 4.39 Å². The van der Waals surface area contributed by atoms with E-state index in [2.05, 4.69) is 37.0 Å². The number of carbonyl (C=O) groups is 1. The zero-order chi connectivity index (χ0) is 23.3. The minimum atomic E-state index is -0.257. The first-order valence-corrected chi connectivity index (χ1v) is 12.1. The number of H-pyrrole nitrogens is 1. The van der Waals surface area contributed by atoms with Crippen LogP contribution in [-0.4, -0.2) is 10.8 Å². The maximum atomic E-state index is 13.9. The van der Waals surface area contributed by atoms with Crippen LogP contribution < -0.4 is 0 Å². The molecule has 3 aliphatic rings. The molecule has 3 aromatic carbocycles. The number of fused-ring (bicyclic) bond motifs is 5. The number of aromatic nitrogens is 1. The Morgan fingerprint density at radius 3 is 2.18 bits per heavy atom. The van der Waals surface area contributed by atoms with Gasteiger partial charge < -0.3 is 4.98 Å². The van der Waals surface area contributed by atoms with Gasteiger partial charge in [-0.05, 0) is 109 Å². The second kappa shape index (κ2) is 6.70. The van der Waals surface area contributed by atoms with Crippen molar-refractivity contribution in [1.82, 2.24) is 4.98 Å². The van der Waals surface area contributed by atoms with Crippen molar-refractivity contribution >= 4 is 39.2 Å². The van der Waals surface area contributed by atoms with Gasteiger partial charge in [0.05, 0.1) is 10.5 Å². The first-order valence-electron chi connectivity index (χ1n) is 11.7. The summed E-state index contributed by atoms with van der Waals surface area (Å²) in [7, 11) is 0. The highest BCUT2D eigenvalue weighted by Crippen LogP contribution is 2.54. The molecule has 2 nitrogen and oxygen atoms in total. The zero-order valence-electron chi connectivity index (χ0n) is 19.5. The van der Waals surface area contributed by atoms with Gasteiger partial charge in [-0.15, -0.1) is 0 Å². The summed E-state index contributed by atoms with van der Waals surface area (Å²) >= 11 is 6.77. The van der Waals surface area contributed by atoms with Crippen molar-refractivity contribution in [2.75, 3.05) is 0 Å². The quantitative estimate of drug-likeness (QED) is 0.304. The second-order valence-corrected chi connectivity index (χ2v) is 11.2. The van der Waals surface area contributed by atoms with Crippen molar-refractivity contribution in [2.24, 2.45) is 5.41 Å². The average molecular weight is 460 g/mol. The smallest absolute Gasteiger partial charge is 0.169 e. The molecule has 0 radical (unpaired) electrons. The summed E-state index contributed by atoms with van der Waals surface area (Å²) in [5.74, 6) is 0.0563. The Kier molecular flexibility index (Phi) is 4.25. The number of aryl methyl sites for hydroxylation is 2. The Hall–Kier alpha value is -2.65. The Morgan fingerprint density at radius 2 is 1.52 bits per heavy atom. The summed E-state index contributed by atoms with van der Waals surface area (Å²) in [5, 5.41) is 2.76. The molecule has 7 rings (SSSR count). The van der Waals surface area contributed by atoms with Crippen LogP contribution in [-0.2, 0) is 5.41 Å². The standard InChI is InChI=1S/C29H27ClFNO/c1-15-9-18(31)10-16(2)25(15)17-11-20-19-13-22-21(14-24(19)32-26(20)23(30)12-17)27(33)29(4)7-5-28(22,3)6-8-29/h9-14,32H,5-8H2,1-4H3. The highest BCUT2D eigenvalue weighted by Gasteiger charge is 2.48. The lowest BCUT2D eigenvalue weighted by Gasteiger charge is -2.38. The van der Waals surface area contributed by atoms with E-state index in [1.807, 2.05) is 19.9 Å². The maximum absolute atomic E-state index is 13.9. The first kappa shape index (κ1) is 20.9. The van der Waals surface area contributed by atoms with E-state index in [1.165, 1.54) is 5.56 Å². The predicted octanol–water partition coefficient (Wildman–Crippen LogP) is 8.43. The monoisotopic (exact) mass is 459 g/mol. The molecule has 1 fully saturated rings. The van der Waals surface area contributed by atoms with Gasteiger partial charge in [0, 0.05) is 27.3 Å². The second-order valence-electron chi connectivity index (χ2n) is 10.8. The van der Waals surface area contributed by atoms with Crippen LogP contribution in [0.5, 0.6) is 0 Å². The van der Waals surface area contributed by atoms with Crippen LogP contribution in [0.25, 0.3) is 32.9 Å². The fraction of sp³-hybridized carbons (Fsp3) is 0.345. The van der Waals surface area contributed by atoms with E-state index in [-0.39, 0.29) is 22.4 Å². The molecule has 33 heavy (non-hydrogen) atoms. The van der Waals surface area contributed by atoms with Gasteiger partial charge >= 0.3 is 0 Å². The number of Topliss-reactive ketones (excluding diaryl/α,β-unsaturated/α-hetero) is 1. The minimum absolute atomic E-state index is 0.0182. The van der Waals surface area contributed by atoms with Crippen molar-refractivity contribution in [2.45, 2.75) is 58.8 Å². The largest absolute Gasteiger partial charge is 0.353 e. The average Bonchev–Trinajstić information content (AvgIpc) is 3.06.